The number of allylic oxidation sites excluding steroid dienone is 3. The van der Waals surface area contributed by atoms with E-state index in [1.807, 2.05) is 0 Å². The third kappa shape index (κ3) is 2.82. The van der Waals surface area contributed by atoms with E-state index in [0.29, 0.717) is 0 Å². The summed E-state index contributed by atoms with van der Waals surface area (Å²) in [7, 11) is 0. The average molecular weight is 222 g/mol. The van der Waals surface area contributed by atoms with Crippen LogP contribution < -0.4 is 0 Å². The Morgan fingerprint density at radius 2 is 2.25 bits per heavy atom. The first-order valence-corrected chi connectivity index (χ1v) is 4.75. The summed E-state index contributed by atoms with van der Waals surface area (Å²) < 4.78 is 25.8. The smallest absolute Gasteiger partial charge is 0.215 e. The van der Waals surface area contributed by atoms with Crippen molar-refractivity contribution in [3.05, 3.63) is 48.3 Å². The molecule has 0 unspecified atom stereocenters. The fourth-order valence-electron chi connectivity index (χ4n) is 1.36. The minimum absolute atomic E-state index is 0.0806. The molecule has 1 heterocycles. The molecule has 0 fully saturated rings. The Hall–Kier alpha value is -1.84. The summed E-state index contributed by atoms with van der Waals surface area (Å²) in [4.78, 5) is 3.91. The number of rotatable bonds is 5. The van der Waals surface area contributed by atoms with Crippen LogP contribution in [0.2, 0.25) is 0 Å². The molecule has 0 saturated heterocycles. The summed E-state index contributed by atoms with van der Waals surface area (Å²) in [5, 5.41) is 7.04. The Bertz CT molecular complexity index is 410. The Balaban J connectivity index is 3.27. The van der Waals surface area contributed by atoms with Gasteiger partial charge in [-0.25, -0.2) is 4.39 Å². The summed E-state index contributed by atoms with van der Waals surface area (Å²) in [5.74, 6) is -1.17. The molecule has 0 bridgehead atoms. The van der Waals surface area contributed by atoms with E-state index in [4.69, 9.17) is 5.41 Å². The van der Waals surface area contributed by atoms with Gasteiger partial charge in [-0.05, 0) is 24.1 Å². The van der Waals surface area contributed by atoms with E-state index >= 15 is 0 Å². The number of halogens is 2. The molecule has 1 aromatic heterocycles. The minimum Gasteiger partial charge on any atom is -0.273 e. The normalized spacial score (nSPS) is 11.9. The summed E-state index contributed by atoms with van der Waals surface area (Å²) >= 11 is 0. The molecule has 4 heteroatoms. The van der Waals surface area contributed by atoms with Crippen molar-refractivity contribution in [2.75, 3.05) is 6.67 Å². The Kier molecular flexibility index (Phi) is 4.51. The summed E-state index contributed by atoms with van der Waals surface area (Å²) in [6.45, 7) is 2.65. The van der Waals surface area contributed by atoms with Gasteiger partial charge in [0.15, 0.2) is 0 Å². The standard InChI is InChI=1S/C12H12F2N2/c1-2-5-9(8-13)11(12(14)15)10-6-3-4-7-16-10/h2-4,6-7,15H,1,5,8H2/b11-9+,15-12?. The van der Waals surface area contributed by atoms with E-state index in [2.05, 4.69) is 11.6 Å². The van der Waals surface area contributed by atoms with Gasteiger partial charge in [0, 0.05) is 6.20 Å². The number of nitrogens with zero attached hydrogens (tertiary/aromatic N) is 1. The highest BCUT2D eigenvalue weighted by Crippen LogP contribution is 2.21. The molecule has 2 nitrogen and oxygen atoms in total. The highest BCUT2D eigenvalue weighted by molar-refractivity contribution is 6.17. The monoisotopic (exact) mass is 222 g/mol. The van der Waals surface area contributed by atoms with Crippen LogP contribution in [-0.2, 0) is 0 Å². The number of alkyl halides is 1. The van der Waals surface area contributed by atoms with Gasteiger partial charge in [0.1, 0.15) is 6.67 Å². The van der Waals surface area contributed by atoms with Crippen LogP contribution >= 0.6 is 0 Å². The molecule has 0 aromatic carbocycles. The van der Waals surface area contributed by atoms with E-state index in [0.717, 1.165) is 0 Å². The lowest BCUT2D eigenvalue weighted by Gasteiger charge is -2.07. The van der Waals surface area contributed by atoms with E-state index in [9.17, 15) is 8.78 Å². The molecule has 0 amide bonds. The maximum Gasteiger partial charge on any atom is 0.215 e. The molecule has 0 saturated carbocycles. The first kappa shape index (κ1) is 12.2. The van der Waals surface area contributed by atoms with Gasteiger partial charge in [-0.15, -0.1) is 6.58 Å². The van der Waals surface area contributed by atoms with E-state index in [1.165, 1.54) is 12.3 Å². The van der Waals surface area contributed by atoms with Gasteiger partial charge < -0.3 is 0 Å². The van der Waals surface area contributed by atoms with Crippen LogP contribution in [0.3, 0.4) is 0 Å². The maximum atomic E-state index is 13.1. The molecule has 1 N–H and O–H groups in total. The molecule has 0 aliphatic carbocycles. The molecule has 16 heavy (non-hydrogen) atoms. The molecule has 1 rings (SSSR count). The van der Waals surface area contributed by atoms with Crippen LogP contribution in [0.5, 0.6) is 0 Å². The Labute approximate surface area is 92.8 Å². The van der Waals surface area contributed by atoms with Gasteiger partial charge in [0.05, 0.1) is 11.3 Å². The first-order valence-electron chi connectivity index (χ1n) is 4.75. The van der Waals surface area contributed by atoms with Crippen LogP contribution in [0.1, 0.15) is 12.1 Å². The fourth-order valence-corrected chi connectivity index (χ4v) is 1.36. The second-order valence-electron chi connectivity index (χ2n) is 3.13. The van der Waals surface area contributed by atoms with Crippen molar-refractivity contribution in [1.82, 2.24) is 4.98 Å². The summed E-state index contributed by atoms with van der Waals surface area (Å²) in [6.07, 6.45) is 3.15. The van der Waals surface area contributed by atoms with Gasteiger partial charge in [-0.3, -0.25) is 10.4 Å². The maximum absolute atomic E-state index is 13.1. The number of nitrogens with one attached hydrogen (secondary N) is 1. The number of aromatic nitrogens is 1. The van der Waals surface area contributed by atoms with Crippen LogP contribution in [0.4, 0.5) is 8.78 Å². The average Bonchev–Trinajstić information content (AvgIpc) is 2.29. The summed E-state index contributed by atoms with van der Waals surface area (Å²) in [5.41, 5.74) is 0.369. The predicted molar refractivity (Wildman–Crippen MR) is 60.8 cm³/mol. The lowest BCUT2D eigenvalue weighted by atomic mass is 10.0. The lowest BCUT2D eigenvalue weighted by molar-refractivity contribution is 0.539. The Morgan fingerprint density at radius 1 is 1.50 bits per heavy atom. The van der Waals surface area contributed by atoms with Crippen molar-refractivity contribution in [3.8, 4) is 0 Å². The topological polar surface area (TPSA) is 36.7 Å². The largest absolute Gasteiger partial charge is 0.273 e. The molecule has 0 spiro atoms. The number of hydrogen-bond donors (Lipinski definition) is 1. The second-order valence-corrected chi connectivity index (χ2v) is 3.13. The van der Waals surface area contributed by atoms with Crippen molar-refractivity contribution < 1.29 is 8.78 Å². The zero-order valence-electron chi connectivity index (χ0n) is 8.71. The fraction of sp³-hybridized carbons (Fsp3) is 0.167. The van der Waals surface area contributed by atoms with Crippen LogP contribution in [0.15, 0.2) is 42.6 Å². The second kappa shape index (κ2) is 5.90. The van der Waals surface area contributed by atoms with E-state index < -0.39 is 12.6 Å². The van der Waals surface area contributed by atoms with Crippen molar-refractivity contribution in [3.63, 3.8) is 0 Å². The summed E-state index contributed by atoms with van der Waals surface area (Å²) in [6, 6.07) is 4.88. The van der Waals surface area contributed by atoms with Crippen LogP contribution in [-0.4, -0.2) is 17.6 Å². The highest BCUT2D eigenvalue weighted by atomic mass is 19.1. The van der Waals surface area contributed by atoms with Gasteiger partial charge in [-0.2, -0.15) is 4.39 Å². The quantitative estimate of drug-likeness (QED) is 0.602. The molecule has 84 valence electrons. The minimum atomic E-state index is -1.17. The van der Waals surface area contributed by atoms with Crippen molar-refractivity contribution in [1.29, 1.82) is 5.41 Å². The molecule has 0 aliphatic heterocycles. The molecule has 0 radical (unpaired) electrons. The lowest BCUT2D eigenvalue weighted by Crippen LogP contribution is -2.02. The predicted octanol–water partition coefficient (Wildman–Crippen LogP) is 3.33. The van der Waals surface area contributed by atoms with Crippen LogP contribution in [0.25, 0.3) is 5.57 Å². The van der Waals surface area contributed by atoms with Crippen molar-refractivity contribution in [2.45, 2.75) is 6.42 Å². The number of pyridine rings is 1. The third-order valence-electron chi connectivity index (χ3n) is 2.05. The molecule has 1 aromatic rings. The van der Waals surface area contributed by atoms with Gasteiger partial charge >= 0.3 is 0 Å². The van der Waals surface area contributed by atoms with E-state index in [-0.39, 0.29) is 23.3 Å². The molecule has 0 aliphatic rings. The van der Waals surface area contributed by atoms with Gasteiger partial charge in [0.25, 0.3) is 0 Å². The highest BCUT2D eigenvalue weighted by Gasteiger charge is 2.14. The zero-order chi connectivity index (χ0) is 12.0. The molecule has 0 atom stereocenters. The van der Waals surface area contributed by atoms with Crippen molar-refractivity contribution >= 4 is 11.5 Å². The molecular weight excluding hydrogens is 210 g/mol. The third-order valence-corrected chi connectivity index (χ3v) is 2.05. The van der Waals surface area contributed by atoms with Gasteiger partial charge in [0.2, 0.25) is 5.97 Å². The van der Waals surface area contributed by atoms with Gasteiger partial charge in [-0.1, -0.05) is 12.1 Å². The Morgan fingerprint density at radius 3 is 2.69 bits per heavy atom. The van der Waals surface area contributed by atoms with E-state index in [1.54, 1.807) is 18.2 Å². The molecular formula is C12H12F2N2. The van der Waals surface area contributed by atoms with Crippen LogP contribution in [0, 0.1) is 5.41 Å². The first-order chi connectivity index (χ1) is 7.70. The number of hydrogen-bond acceptors (Lipinski definition) is 2. The van der Waals surface area contributed by atoms with Crippen molar-refractivity contribution in [2.24, 2.45) is 0 Å². The SMILES string of the molecule is C=CC/C(CF)=C(\C(=N)F)c1ccccn1. The zero-order valence-corrected chi connectivity index (χ0v) is 8.71.